The van der Waals surface area contributed by atoms with Gasteiger partial charge in [0.25, 0.3) is 5.91 Å². The Balaban J connectivity index is 1.76. The molecule has 9 heteroatoms. The van der Waals surface area contributed by atoms with Crippen LogP contribution < -0.4 is 5.32 Å². The van der Waals surface area contributed by atoms with E-state index >= 15 is 0 Å². The van der Waals surface area contributed by atoms with Gasteiger partial charge in [-0.1, -0.05) is 30.3 Å². The number of nitrogens with zero attached hydrogens (tertiary/aromatic N) is 1. The summed E-state index contributed by atoms with van der Waals surface area (Å²) in [6.07, 6.45) is -1.02. The Morgan fingerprint density at radius 1 is 0.848 bits per heavy atom. The average molecular weight is 462 g/mol. The second-order valence-corrected chi connectivity index (χ2v) is 7.35. The lowest BCUT2D eigenvalue weighted by molar-refractivity contribution is -0.131. The molecule has 0 heterocycles. The molecule has 0 saturated carbocycles. The van der Waals surface area contributed by atoms with Crippen LogP contribution in [0, 0.1) is 29.1 Å². The van der Waals surface area contributed by atoms with Crippen LogP contribution in [-0.2, 0) is 11.2 Å². The molecule has 1 N–H and O–H groups in total. The van der Waals surface area contributed by atoms with Gasteiger partial charge >= 0.3 is 0 Å². The molecule has 0 fully saturated rings. The van der Waals surface area contributed by atoms with Gasteiger partial charge in [-0.15, -0.1) is 0 Å². The van der Waals surface area contributed by atoms with Crippen LogP contribution in [0.4, 0.5) is 27.6 Å². The summed E-state index contributed by atoms with van der Waals surface area (Å²) in [5.41, 5.74) is 0.285. The van der Waals surface area contributed by atoms with Crippen molar-refractivity contribution < 1.29 is 31.5 Å². The summed E-state index contributed by atoms with van der Waals surface area (Å²) >= 11 is 0. The topological polar surface area (TPSA) is 49.4 Å². The summed E-state index contributed by atoms with van der Waals surface area (Å²) < 4.78 is 67.9. The number of anilines is 1. The van der Waals surface area contributed by atoms with Gasteiger partial charge in [0, 0.05) is 23.9 Å². The van der Waals surface area contributed by atoms with Gasteiger partial charge in [-0.25, -0.2) is 22.0 Å². The van der Waals surface area contributed by atoms with Crippen LogP contribution in [0.3, 0.4) is 0 Å². The van der Waals surface area contributed by atoms with Crippen LogP contribution in [0.15, 0.2) is 54.6 Å². The summed E-state index contributed by atoms with van der Waals surface area (Å²) in [7, 11) is 1.34. The quantitative estimate of drug-likeness (QED) is 0.303. The number of benzene rings is 3. The van der Waals surface area contributed by atoms with E-state index in [9.17, 15) is 31.5 Å². The van der Waals surface area contributed by atoms with E-state index in [1.54, 1.807) is 61.5 Å². The molecule has 0 radical (unpaired) electrons. The largest absolute Gasteiger partial charge is 0.339 e. The van der Waals surface area contributed by atoms with Gasteiger partial charge in [0.1, 0.15) is 0 Å². The highest BCUT2D eigenvalue weighted by molar-refractivity contribution is 6.04. The van der Waals surface area contributed by atoms with Crippen molar-refractivity contribution in [2.75, 3.05) is 12.4 Å². The molecule has 0 aliphatic heterocycles. The fourth-order valence-corrected chi connectivity index (χ4v) is 3.19. The van der Waals surface area contributed by atoms with E-state index in [1.165, 1.54) is 7.05 Å². The van der Waals surface area contributed by atoms with E-state index in [2.05, 4.69) is 5.32 Å². The summed E-state index contributed by atoms with van der Waals surface area (Å²) in [5, 5.41) is 2.73. The minimum Gasteiger partial charge on any atom is -0.339 e. The SMILES string of the molecule is C[C@@H](c1cccc(NC(=O)c2ccccc2)c1)N(C)C(=O)Cc1c(F)c(F)c(F)c(F)c1F. The molecule has 172 valence electrons. The van der Waals surface area contributed by atoms with Crippen LogP contribution >= 0.6 is 0 Å². The fraction of sp³-hybridized carbons (Fsp3) is 0.167. The van der Waals surface area contributed by atoms with E-state index in [0.29, 0.717) is 16.8 Å². The van der Waals surface area contributed by atoms with Crippen LogP contribution in [-0.4, -0.2) is 23.8 Å². The monoisotopic (exact) mass is 462 g/mol. The number of halogens is 5. The first-order chi connectivity index (χ1) is 15.6. The smallest absolute Gasteiger partial charge is 0.255 e. The van der Waals surface area contributed by atoms with E-state index < -0.39 is 53.0 Å². The van der Waals surface area contributed by atoms with Crippen LogP contribution in [0.1, 0.15) is 34.5 Å². The number of hydrogen-bond donors (Lipinski definition) is 1. The second kappa shape index (κ2) is 9.81. The van der Waals surface area contributed by atoms with E-state index in [-0.39, 0.29) is 5.91 Å². The minimum absolute atomic E-state index is 0.337. The Morgan fingerprint density at radius 3 is 2.03 bits per heavy atom. The van der Waals surface area contributed by atoms with Gasteiger partial charge in [0.05, 0.1) is 12.5 Å². The molecule has 3 rings (SSSR count). The van der Waals surface area contributed by atoms with Crippen molar-refractivity contribution >= 4 is 17.5 Å². The van der Waals surface area contributed by atoms with Crippen LogP contribution in [0.5, 0.6) is 0 Å². The number of nitrogens with one attached hydrogen (secondary N) is 1. The van der Waals surface area contributed by atoms with Gasteiger partial charge in [-0.3, -0.25) is 9.59 Å². The van der Waals surface area contributed by atoms with E-state index in [0.717, 1.165) is 4.90 Å². The Labute approximate surface area is 186 Å². The standard InChI is InChI=1S/C24H19F5N2O2/c1-13(15-9-6-10-16(11-15)30-24(33)14-7-4-3-5-8-14)31(2)18(32)12-17-19(25)21(27)23(29)22(28)20(17)26/h3-11,13H,12H2,1-2H3,(H,30,33)/t13-/m0/s1. The summed E-state index contributed by atoms with van der Waals surface area (Å²) in [4.78, 5) is 26.0. The molecule has 0 bridgehead atoms. The first-order valence-corrected chi connectivity index (χ1v) is 9.84. The zero-order valence-corrected chi connectivity index (χ0v) is 17.6. The van der Waals surface area contributed by atoms with E-state index in [1.807, 2.05) is 0 Å². The van der Waals surface area contributed by atoms with Gasteiger partial charge in [0.2, 0.25) is 11.7 Å². The Hall–Kier alpha value is -3.75. The van der Waals surface area contributed by atoms with Crippen molar-refractivity contribution in [1.29, 1.82) is 0 Å². The molecule has 4 nitrogen and oxygen atoms in total. The third-order valence-corrected chi connectivity index (χ3v) is 5.27. The molecule has 33 heavy (non-hydrogen) atoms. The summed E-state index contributed by atoms with van der Waals surface area (Å²) in [6.45, 7) is 1.62. The number of rotatable bonds is 6. The number of amides is 2. The molecule has 0 saturated heterocycles. The van der Waals surface area contributed by atoms with Gasteiger partial charge in [0.15, 0.2) is 23.3 Å². The molecule has 3 aromatic rings. The second-order valence-electron chi connectivity index (χ2n) is 7.35. The normalized spacial score (nSPS) is 11.7. The molecule has 0 spiro atoms. The Kier molecular flexibility index (Phi) is 7.10. The summed E-state index contributed by atoms with van der Waals surface area (Å²) in [5.74, 6) is -11.8. The molecule has 1 atom stereocenters. The molecule has 0 unspecified atom stereocenters. The van der Waals surface area contributed by atoms with Gasteiger partial charge in [-0.2, -0.15) is 0 Å². The third kappa shape index (κ3) is 5.02. The Bertz CT molecular complexity index is 1170. The van der Waals surface area contributed by atoms with Crippen LogP contribution in [0.2, 0.25) is 0 Å². The zero-order valence-electron chi connectivity index (χ0n) is 17.6. The lowest BCUT2D eigenvalue weighted by atomic mass is 10.0. The number of carbonyl (C=O) groups excluding carboxylic acids is 2. The van der Waals surface area contributed by atoms with Gasteiger partial charge < -0.3 is 10.2 Å². The average Bonchev–Trinajstić information content (AvgIpc) is 2.83. The number of hydrogen-bond acceptors (Lipinski definition) is 2. The maximum absolute atomic E-state index is 13.9. The van der Waals surface area contributed by atoms with Crippen molar-refractivity contribution in [2.45, 2.75) is 19.4 Å². The van der Waals surface area contributed by atoms with Gasteiger partial charge in [-0.05, 0) is 36.8 Å². The third-order valence-electron chi connectivity index (χ3n) is 5.27. The lowest BCUT2D eigenvalue weighted by Gasteiger charge is -2.26. The molecule has 2 amide bonds. The lowest BCUT2D eigenvalue weighted by Crippen LogP contribution is -2.31. The number of likely N-dealkylation sites (N-methyl/N-ethyl adjacent to an activating group) is 1. The molecule has 0 aliphatic carbocycles. The molecule has 0 aliphatic rings. The fourth-order valence-electron chi connectivity index (χ4n) is 3.19. The highest BCUT2D eigenvalue weighted by Crippen LogP contribution is 2.26. The first-order valence-electron chi connectivity index (χ1n) is 9.84. The van der Waals surface area contributed by atoms with Crippen molar-refractivity contribution in [3.05, 3.63) is 100 Å². The zero-order chi connectivity index (χ0) is 24.3. The van der Waals surface area contributed by atoms with E-state index in [4.69, 9.17) is 0 Å². The van der Waals surface area contributed by atoms with Crippen molar-refractivity contribution in [3.63, 3.8) is 0 Å². The number of carbonyl (C=O) groups is 2. The molecular formula is C24H19F5N2O2. The predicted molar refractivity (Wildman–Crippen MR) is 112 cm³/mol. The molecule has 0 aromatic heterocycles. The predicted octanol–water partition coefficient (Wildman–Crippen LogP) is 5.40. The summed E-state index contributed by atoms with van der Waals surface area (Å²) in [6, 6.07) is 14.5. The maximum atomic E-state index is 13.9. The Morgan fingerprint density at radius 2 is 1.42 bits per heavy atom. The first kappa shape index (κ1) is 23.9. The molecule has 3 aromatic carbocycles. The van der Waals surface area contributed by atoms with Crippen molar-refractivity contribution in [1.82, 2.24) is 4.90 Å². The maximum Gasteiger partial charge on any atom is 0.255 e. The van der Waals surface area contributed by atoms with Crippen LogP contribution in [0.25, 0.3) is 0 Å². The van der Waals surface area contributed by atoms with Crippen molar-refractivity contribution in [3.8, 4) is 0 Å². The highest BCUT2D eigenvalue weighted by Gasteiger charge is 2.28. The van der Waals surface area contributed by atoms with Crippen molar-refractivity contribution in [2.24, 2.45) is 0 Å². The minimum atomic E-state index is -2.28. The molecular weight excluding hydrogens is 443 g/mol. The highest BCUT2D eigenvalue weighted by atomic mass is 19.2.